The van der Waals surface area contributed by atoms with E-state index in [1.807, 2.05) is 6.08 Å². The Morgan fingerprint density at radius 1 is 0.537 bits per heavy atom. The molecule has 14 heteroatoms. The lowest BCUT2D eigenvalue weighted by atomic mass is 9.97. The zero-order chi connectivity index (χ0) is 48.9. The van der Waals surface area contributed by atoms with Gasteiger partial charge in [-0.15, -0.1) is 0 Å². The molecule has 0 aromatic heterocycles. The summed E-state index contributed by atoms with van der Waals surface area (Å²) < 4.78 is 22.7. The maximum Gasteiger partial charge on any atom is 0.220 e. The van der Waals surface area contributed by atoms with Crippen LogP contribution in [0.1, 0.15) is 200 Å². The molecule has 9 N–H and O–H groups in total. The van der Waals surface area contributed by atoms with Crippen LogP contribution in [0.5, 0.6) is 0 Å². The standard InChI is InChI=1S/C53H97NO13/c1-3-5-7-9-11-13-15-17-18-19-20-21-22-23-25-26-28-30-32-34-36-42(57)41(54-45(58)37-35-33-31-29-27-24-16-14-12-10-8-6-4-2)40-64-52-50(63)48(61)51(44(39-56)66-52)67-53-49(62)47(60)46(59)43(38-55)65-53/h8,10,14,16,34,36,41-44,46-53,55-57,59-63H,3-7,9,11-13,15,17-33,35,37-40H2,1-2H3,(H,54,58)/b10-8-,16-14-,36-34+. The van der Waals surface area contributed by atoms with Crippen LogP contribution in [0.25, 0.3) is 0 Å². The second kappa shape index (κ2) is 39.9. The normalized spacial score (nSPS) is 26.8. The molecular formula is C53H97NO13. The van der Waals surface area contributed by atoms with Gasteiger partial charge in [0.1, 0.15) is 48.8 Å². The number of rotatable bonds is 41. The Balaban J connectivity index is 1.82. The largest absolute Gasteiger partial charge is 0.394 e. The predicted molar refractivity (Wildman–Crippen MR) is 263 cm³/mol. The molecule has 2 fully saturated rings. The highest BCUT2D eigenvalue weighted by molar-refractivity contribution is 5.76. The summed E-state index contributed by atoms with van der Waals surface area (Å²) in [6.45, 7) is 2.71. The van der Waals surface area contributed by atoms with Crippen molar-refractivity contribution < 1.29 is 64.6 Å². The van der Waals surface area contributed by atoms with Gasteiger partial charge in [0.05, 0.1) is 32.0 Å². The minimum atomic E-state index is -1.79. The number of hydrogen-bond donors (Lipinski definition) is 9. The van der Waals surface area contributed by atoms with E-state index in [4.69, 9.17) is 18.9 Å². The Morgan fingerprint density at radius 2 is 1.01 bits per heavy atom. The monoisotopic (exact) mass is 956 g/mol. The van der Waals surface area contributed by atoms with Gasteiger partial charge in [0, 0.05) is 6.42 Å². The number of carbonyl (C=O) groups excluding carboxylic acids is 1. The van der Waals surface area contributed by atoms with Crippen LogP contribution in [0, 0.1) is 0 Å². The lowest BCUT2D eigenvalue weighted by Gasteiger charge is -2.46. The van der Waals surface area contributed by atoms with Crippen molar-refractivity contribution in [1.29, 1.82) is 0 Å². The van der Waals surface area contributed by atoms with Crippen molar-refractivity contribution in [2.45, 2.75) is 274 Å². The van der Waals surface area contributed by atoms with Crippen LogP contribution >= 0.6 is 0 Å². The third kappa shape index (κ3) is 26.8. The van der Waals surface area contributed by atoms with Crippen LogP contribution < -0.4 is 5.32 Å². The molecule has 1 amide bonds. The zero-order valence-electron chi connectivity index (χ0n) is 41.6. The van der Waals surface area contributed by atoms with Gasteiger partial charge < -0.3 is 65.1 Å². The van der Waals surface area contributed by atoms with Crippen LogP contribution in [-0.4, -0.2) is 140 Å². The Morgan fingerprint density at radius 3 is 1.55 bits per heavy atom. The molecule has 12 atom stereocenters. The lowest BCUT2D eigenvalue weighted by Crippen LogP contribution is -2.65. The molecule has 392 valence electrons. The zero-order valence-corrected chi connectivity index (χ0v) is 41.6. The molecule has 0 aromatic rings. The van der Waals surface area contributed by atoms with E-state index in [2.05, 4.69) is 43.5 Å². The number of nitrogens with one attached hydrogen (secondary N) is 1. The summed E-state index contributed by atoms with van der Waals surface area (Å²) in [5.74, 6) is -0.255. The highest BCUT2D eigenvalue weighted by atomic mass is 16.7. The molecule has 0 aliphatic carbocycles. The number of hydrogen-bond acceptors (Lipinski definition) is 13. The van der Waals surface area contributed by atoms with Crippen LogP contribution in [-0.2, 0) is 23.7 Å². The summed E-state index contributed by atoms with van der Waals surface area (Å²) in [4.78, 5) is 13.2. The first-order valence-electron chi connectivity index (χ1n) is 26.7. The summed E-state index contributed by atoms with van der Waals surface area (Å²) >= 11 is 0. The first-order chi connectivity index (χ1) is 32.6. The van der Waals surface area contributed by atoms with E-state index in [-0.39, 0.29) is 18.9 Å². The minimum absolute atomic E-state index is 0.255. The van der Waals surface area contributed by atoms with Crippen LogP contribution in [0.15, 0.2) is 36.5 Å². The van der Waals surface area contributed by atoms with Gasteiger partial charge in [0.2, 0.25) is 5.91 Å². The van der Waals surface area contributed by atoms with Crippen molar-refractivity contribution in [3.63, 3.8) is 0 Å². The molecule has 0 spiro atoms. The van der Waals surface area contributed by atoms with Crippen molar-refractivity contribution in [1.82, 2.24) is 5.32 Å². The number of amides is 1. The highest BCUT2D eigenvalue weighted by Crippen LogP contribution is 2.30. The molecule has 0 saturated carbocycles. The Hall–Kier alpha value is -1.79. The van der Waals surface area contributed by atoms with E-state index < -0.39 is 86.8 Å². The lowest BCUT2D eigenvalue weighted by molar-refractivity contribution is -0.359. The van der Waals surface area contributed by atoms with Crippen LogP contribution in [0.2, 0.25) is 0 Å². The fourth-order valence-corrected chi connectivity index (χ4v) is 8.68. The fourth-order valence-electron chi connectivity index (χ4n) is 8.68. The SMILES string of the molecule is CCC/C=C\C/C=C\CCCCCCCC(=O)NC(COC1OC(CO)C(OC2OC(CO)C(O)C(O)C2O)C(O)C1O)C(O)/C=C/CCCCCCCCCCCCCCCCCCCC. The van der Waals surface area contributed by atoms with Crippen LogP contribution in [0.3, 0.4) is 0 Å². The molecule has 0 radical (unpaired) electrons. The molecule has 14 nitrogen and oxygen atoms in total. The maximum absolute atomic E-state index is 13.2. The van der Waals surface area contributed by atoms with Gasteiger partial charge in [0.25, 0.3) is 0 Å². The highest BCUT2D eigenvalue weighted by Gasteiger charge is 2.51. The van der Waals surface area contributed by atoms with E-state index in [0.717, 1.165) is 70.6 Å². The van der Waals surface area contributed by atoms with Crippen LogP contribution in [0.4, 0.5) is 0 Å². The van der Waals surface area contributed by atoms with Crippen molar-refractivity contribution in [2.75, 3.05) is 19.8 Å². The molecular weight excluding hydrogens is 859 g/mol. The van der Waals surface area contributed by atoms with Gasteiger partial charge in [-0.05, 0) is 44.9 Å². The first kappa shape index (κ1) is 61.3. The summed E-state index contributed by atoms with van der Waals surface area (Å²) in [7, 11) is 0. The molecule has 0 aromatic carbocycles. The second-order valence-corrected chi connectivity index (χ2v) is 19.0. The summed E-state index contributed by atoms with van der Waals surface area (Å²) in [5, 5.41) is 86.8. The number of ether oxygens (including phenoxy) is 4. The van der Waals surface area contributed by atoms with Crippen molar-refractivity contribution in [3.05, 3.63) is 36.5 Å². The minimum Gasteiger partial charge on any atom is -0.394 e. The molecule has 0 bridgehead atoms. The van der Waals surface area contributed by atoms with Crippen molar-refractivity contribution in [2.24, 2.45) is 0 Å². The van der Waals surface area contributed by atoms with E-state index in [9.17, 15) is 45.6 Å². The van der Waals surface area contributed by atoms with Crippen molar-refractivity contribution >= 4 is 5.91 Å². The fraction of sp³-hybridized carbons (Fsp3) is 0.868. The Labute approximate surface area is 404 Å². The molecule has 2 heterocycles. The van der Waals surface area contributed by atoms with E-state index in [1.54, 1.807) is 6.08 Å². The molecule has 2 aliphatic heterocycles. The van der Waals surface area contributed by atoms with E-state index in [1.165, 1.54) is 103 Å². The van der Waals surface area contributed by atoms with Gasteiger partial charge in [-0.2, -0.15) is 0 Å². The van der Waals surface area contributed by atoms with E-state index in [0.29, 0.717) is 6.42 Å². The number of aliphatic hydroxyl groups is 8. The first-order valence-corrected chi connectivity index (χ1v) is 26.7. The van der Waals surface area contributed by atoms with E-state index >= 15 is 0 Å². The van der Waals surface area contributed by atoms with Gasteiger partial charge in [-0.1, -0.05) is 185 Å². The summed E-state index contributed by atoms with van der Waals surface area (Å²) in [5.41, 5.74) is 0. The number of allylic oxidation sites excluding steroid dienone is 5. The molecule has 2 aliphatic rings. The Kier molecular flexibility index (Phi) is 36.5. The smallest absolute Gasteiger partial charge is 0.220 e. The molecule has 12 unspecified atom stereocenters. The predicted octanol–water partition coefficient (Wildman–Crippen LogP) is 7.49. The molecule has 2 rings (SSSR count). The topological polar surface area (TPSA) is 228 Å². The Bertz CT molecular complexity index is 1270. The van der Waals surface area contributed by atoms with Gasteiger partial charge >= 0.3 is 0 Å². The van der Waals surface area contributed by atoms with Crippen molar-refractivity contribution in [3.8, 4) is 0 Å². The quantitative estimate of drug-likeness (QED) is 0.0214. The molecule has 2 saturated heterocycles. The molecule has 67 heavy (non-hydrogen) atoms. The third-order valence-corrected chi connectivity index (χ3v) is 13.1. The third-order valence-electron chi connectivity index (χ3n) is 13.1. The second-order valence-electron chi connectivity index (χ2n) is 19.0. The number of aliphatic hydroxyl groups excluding tert-OH is 8. The number of unbranched alkanes of at least 4 members (excludes halogenated alkanes) is 24. The van der Waals surface area contributed by atoms with Gasteiger partial charge in [0.15, 0.2) is 12.6 Å². The average molecular weight is 956 g/mol. The van der Waals surface area contributed by atoms with Gasteiger partial charge in [-0.25, -0.2) is 0 Å². The summed E-state index contributed by atoms with van der Waals surface area (Å²) in [6.07, 6.45) is 29.0. The summed E-state index contributed by atoms with van der Waals surface area (Å²) in [6, 6.07) is -0.920. The number of carbonyl (C=O) groups is 1. The average Bonchev–Trinajstić information content (AvgIpc) is 3.32. The van der Waals surface area contributed by atoms with Gasteiger partial charge in [-0.3, -0.25) is 4.79 Å². The maximum atomic E-state index is 13.2.